The fourth-order valence-corrected chi connectivity index (χ4v) is 2.17. The number of halogens is 1. The molecule has 0 saturated heterocycles. The monoisotopic (exact) mass is 237 g/mol. The Morgan fingerprint density at radius 3 is 2.88 bits per heavy atom. The summed E-state index contributed by atoms with van der Waals surface area (Å²) in [6, 6.07) is 6.41. The van der Waals surface area contributed by atoms with Crippen molar-refractivity contribution in [2.45, 2.75) is 26.4 Å². The van der Waals surface area contributed by atoms with Crippen LogP contribution in [0.1, 0.15) is 25.5 Å². The average Bonchev–Trinajstić information content (AvgIpc) is 2.65. The third-order valence-electron chi connectivity index (χ3n) is 2.94. The second-order valence-electron chi connectivity index (χ2n) is 3.86. The van der Waals surface area contributed by atoms with Crippen LogP contribution in [0.15, 0.2) is 18.2 Å². The van der Waals surface area contributed by atoms with E-state index < -0.39 is 0 Å². The van der Waals surface area contributed by atoms with Crippen LogP contribution in [0.2, 0.25) is 5.15 Å². The van der Waals surface area contributed by atoms with E-state index in [9.17, 15) is 0 Å². The van der Waals surface area contributed by atoms with E-state index in [-0.39, 0.29) is 6.04 Å². The van der Waals surface area contributed by atoms with Gasteiger partial charge in [-0.2, -0.15) is 5.10 Å². The van der Waals surface area contributed by atoms with Gasteiger partial charge < -0.3 is 5.32 Å². The second-order valence-corrected chi connectivity index (χ2v) is 4.22. The van der Waals surface area contributed by atoms with E-state index in [4.69, 9.17) is 11.6 Å². The quantitative estimate of drug-likeness (QED) is 0.890. The molecule has 4 heteroatoms. The van der Waals surface area contributed by atoms with Gasteiger partial charge in [-0.15, -0.1) is 0 Å². The van der Waals surface area contributed by atoms with Crippen molar-refractivity contribution < 1.29 is 0 Å². The van der Waals surface area contributed by atoms with Crippen LogP contribution >= 0.6 is 11.6 Å². The van der Waals surface area contributed by atoms with E-state index in [0.29, 0.717) is 0 Å². The van der Waals surface area contributed by atoms with Crippen molar-refractivity contribution in [1.82, 2.24) is 15.1 Å². The minimum atomic E-state index is 0.278. The molecule has 1 N–H and O–H groups in total. The molecule has 0 aliphatic rings. The van der Waals surface area contributed by atoms with Gasteiger partial charge in [-0.1, -0.05) is 23.7 Å². The first kappa shape index (κ1) is 11.4. The SMILES string of the molecule is CCn1nc2c(C(C)NC)cccc2c1Cl. The molecule has 2 aromatic rings. The van der Waals surface area contributed by atoms with Crippen LogP contribution in [0.4, 0.5) is 0 Å². The number of aromatic nitrogens is 2. The Kier molecular flexibility index (Phi) is 3.17. The highest BCUT2D eigenvalue weighted by Crippen LogP contribution is 2.28. The number of nitrogens with one attached hydrogen (secondary N) is 1. The molecule has 1 atom stereocenters. The van der Waals surface area contributed by atoms with Gasteiger partial charge in [-0.25, -0.2) is 0 Å². The molecule has 3 nitrogen and oxygen atoms in total. The minimum absolute atomic E-state index is 0.278. The Morgan fingerprint density at radius 1 is 1.50 bits per heavy atom. The first-order valence-electron chi connectivity index (χ1n) is 5.51. The minimum Gasteiger partial charge on any atom is -0.313 e. The molecule has 86 valence electrons. The molecule has 1 aromatic heterocycles. The lowest BCUT2D eigenvalue weighted by Crippen LogP contribution is -2.12. The highest BCUT2D eigenvalue weighted by Gasteiger charge is 2.14. The maximum Gasteiger partial charge on any atom is 0.134 e. The molecule has 0 amide bonds. The zero-order chi connectivity index (χ0) is 11.7. The molecule has 0 spiro atoms. The molecule has 0 bridgehead atoms. The first-order chi connectivity index (χ1) is 7.69. The van der Waals surface area contributed by atoms with Crippen LogP contribution < -0.4 is 5.32 Å². The van der Waals surface area contributed by atoms with E-state index in [1.807, 2.05) is 30.8 Å². The number of hydrogen-bond acceptors (Lipinski definition) is 2. The van der Waals surface area contributed by atoms with Crippen LogP contribution in [0.3, 0.4) is 0 Å². The van der Waals surface area contributed by atoms with Crippen molar-refractivity contribution in [2.24, 2.45) is 0 Å². The standard InChI is InChI=1S/C12H16ClN3/c1-4-16-12(13)10-7-5-6-9(8(2)14-3)11(10)15-16/h5-8,14H,4H2,1-3H3. The number of fused-ring (bicyclic) bond motifs is 1. The molecule has 16 heavy (non-hydrogen) atoms. The molecule has 0 aliphatic carbocycles. The molecule has 0 aliphatic heterocycles. The molecular weight excluding hydrogens is 222 g/mol. The van der Waals surface area contributed by atoms with Gasteiger partial charge in [0.15, 0.2) is 0 Å². The van der Waals surface area contributed by atoms with Crippen molar-refractivity contribution >= 4 is 22.5 Å². The first-order valence-corrected chi connectivity index (χ1v) is 5.89. The zero-order valence-electron chi connectivity index (χ0n) is 9.79. The topological polar surface area (TPSA) is 29.9 Å². The summed E-state index contributed by atoms with van der Waals surface area (Å²) in [5.74, 6) is 0. The van der Waals surface area contributed by atoms with Gasteiger partial charge in [0.25, 0.3) is 0 Å². The highest BCUT2D eigenvalue weighted by molar-refractivity contribution is 6.34. The van der Waals surface area contributed by atoms with Gasteiger partial charge in [0, 0.05) is 18.0 Å². The molecule has 0 saturated carbocycles. The molecule has 1 heterocycles. The smallest absolute Gasteiger partial charge is 0.134 e. The lowest BCUT2D eigenvalue weighted by molar-refractivity contribution is 0.645. The van der Waals surface area contributed by atoms with Gasteiger partial charge in [0.1, 0.15) is 5.15 Å². The summed E-state index contributed by atoms with van der Waals surface area (Å²) in [4.78, 5) is 0. The number of hydrogen-bond donors (Lipinski definition) is 1. The second kappa shape index (κ2) is 4.44. The summed E-state index contributed by atoms with van der Waals surface area (Å²) in [5, 5.41) is 9.53. The van der Waals surface area contributed by atoms with E-state index in [1.165, 1.54) is 5.56 Å². The van der Waals surface area contributed by atoms with Gasteiger partial charge in [0.05, 0.1) is 5.52 Å². The third kappa shape index (κ3) is 1.70. The lowest BCUT2D eigenvalue weighted by atomic mass is 10.1. The fraction of sp³-hybridized carbons (Fsp3) is 0.417. The number of nitrogens with zero attached hydrogens (tertiary/aromatic N) is 2. The largest absolute Gasteiger partial charge is 0.313 e. The van der Waals surface area contributed by atoms with Crippen LogP contribution in [-0.2, 0) is 6.54 Å². The van der Waals surface area contributed by atoms with Gasteiger partial charge in [-0.05, 0) is 32.5 Å². The van der Waals surface area contributed by atoms with Crippen LogP contribution in [-0.4, -0.2) is 16.8 Å². The van der Waals surface area contributed by atoms with Gasteiger partial charge in [-0.3, -0.25) is 4.68 Å². The fourth-order valence-electron chi connectivity index (χ4n) is 1.86. The van der Waals surface area contributed by atoms with Crippen molar-refractivity contribution in [2.75, 3.05) is 7.05 Å². The highest BCUT2D eigenvalue weighted by atomic mass is 35.5. The summed E-state index contributed by atoms with van der Waals surface area (Å²) in [5.41, 5.74) is 2.19. The van der Waals surface area contributed by atoms with Crippen LogP contribution in [0, 0.1) is 0 Å². The Bertz CT molecular complexity index is 504. The van der Waals surface area contributed by atoms with E-state index >= 15 is 0 Å². The van der Waals surface area contributed by atoms with Crippen molar-refractivity contribution in [3.05, 3.63) is 28.9 Å². The van der Waals surface area contributed by atoms with Gasteiger partial charge >= 0.3 is 0 Å². The molecule has 2 rings (SSSR count). The van der Waals surface area contributed by atoms with E-state index in [1.54, 1.807) is 0 Å². The summed E-state index contributed by atoms with van der Waals surface area (Å²) in [6.07, 6.45) is 0. The Balaban J connectivity index is 2.68. The molecule has 1 aromatic carbocycles. The van der Waals surface area contributed by atoms with Crippen molar-refractivity contribution in [3.8, 4) is 0 Å². The van der Waals surface area contributed by atoms with E-state index in [2.05, 4.69) is 23.4 Å². The molecule has 0 radical (unpaired) electrons. The summed E-state index contributed by atoms with van der Waals surface area (Å²) in [7, 11) is 1.95. The Morgan fingerprint density at radius 2 is 2.25 bits per heavy atom. The normalized spacial score (nSPS) is 13.2. The average molecular weight is 238 g/mol. The lowest BCUT2D eigenvalue weighted by Gasteiger charge is -2.10. The van der Waals surface area contributed by atoms with Crippen LogP contribution in [0.5, 0.6) is 0 Å². The molecular formula is C12H16ClN3. The Hall–Kier alpha value is -1.06. The zero-order valence-corrected chi connectivity index (χ0v) is 10.5. The summed E-state index contributed by atoms with van der Waals surface area (Å²) >= 11 is 6.26. The molecule has 1 unspecified atom stereocenters. The Labute approximate surface area is 100 Å². The van der Waals surface area contributed by atoms with E-state index in [0.717, 1.165) is 22.6 Å². The maximum absolute atomic E-state index is 6.26. The predicted molar refractivity (Wildman–Crippen MR) is 67.9 cm³/mol. The number of aryl methyl sites for hydroxylation is 1. The predicted octanol–water partition coefficient (Wildman–Crippen LogP) is 2.99. The maximum atomic E-state index is 6.26. The number of benzene rings is 1. The molecule has 0 fully saturated rings. The summed E-state index contributed by atoms with van der Waals surface area (Å²) in [6.45, 7) is 4.95. The van der Waals surface area contributed by atoms with Crippen LogP contribution in [0.25, 0.3) is 10.9 Å². The third-order valence-corrected chi connectivity index (χ3v) is 3.33. The van der Waals surface area contributed by atoms with Crippen molar-refractivity contribution in [1.29, 1.82) is 0 Å². The summed E-state index contributed by atoms with van der Waals surface area (Å²) < 4.78 is 1.83. The van der Waals surface area contributed by atoms with Gasteiger partial charge in [0.2, 0.25) is 0 Å². The number of rotatable bonds is 3. The van der Waals surface area contributed by atoms with Crippen molar-refractivity contribution in [3.63, 3.8) is 0 Å².